The van der Waals surface area contributed by atoms with Gasteiger partial charge < -0.3 is 9.57 Å². The second kappa shape index (κ2) is 5.57. The molecule has 0 radical (unpaired) electrons. The summed E-state index contributed by atoms with van der Waals surface area (Å²) in [5.74, 6) is 0.767. The van der Waals surface area contributed by atoms with E-state index in [1.54, 1.807) is 7.11 Å². The van der Waals surface area contributed by atoms with Gasteiger partial charge in [-0.05, 0) is 18.6 Å². The van der Waals surface area contributed by atoms with Crippen LogP contribution in [0.5, 0.6) is 5.75 Å². The summed E-state index contributed by atoms with van der Waals surface area (Å²) in [6.07, 6.45) is 2.09. The van der Waals surface area contributed by atoms with Crippen molar-refractivity contribution in [2.24, 2.45) is 0 Å². The van der Waals surface area contributed by atoms with Gasteiger partial charge in [0.25, 0.3) is 0 Å². The van der Waals surface area contributed by atoms with Gasteiger partial charge >= 0.3 is 0 Å². The minimum Gasteiger partial charge on any atom is -0.486 e. The quantitative estimate of drug-likeness (QED) is 0.855. The van der Waals surface area contributed by atoms with Crippen LogP contribution in [0.4, 0.5) is 0 Å². The predicted octanol–water partition coefficient (Wildman–Crippen LogP) is 3.86. The monoisotopic (exact) mass is 319 g/mol. The smallest absolute Gasteiger partial charge is 0.143 e. The SMILES string of the molecule is CCCC1Oc2c(Cl)cc(Br)cc2C1NOC. The van der Waals surface area contributed by atoms with Crippen molar-refractivity contribution in [1.29, 1.82) is 0 Å². The highest BCUT2D eigenvalue weighted by molar-refractivity contribution is 9.10. The third kappa shape index (κ3) is 2.60. The van der Waals surface area contributed by atoms with Crippen molar-refractivity contribution >= 4 is 27.5 Å². The fourth-order valence-electron chi connectivity index (χ4n) is 2.13. The zero-order chi connectivity index (χ0) is 12.4. The maximum atomic E-state index is 6.18. The van der Waals surface area contributed by atoms with Crippen LogP contribution in [-0.4, -0.2) is 13.2 Å². The lowest BCUT2D eigenvalue weighted by molar-refractivity contribution is 0.0269. The van der Waals surface area contributed by atoms with E-state index in [1.165, 1.54) is 0 Å². The van der Waals surface area contributed by atoms with Crippen LogP contribution in [0.3, 0.4) is 0 Å². The summed E-state index contributed by atoms with van der Waals surface area (Å²) < 4.78 is 6.85. The van der Waals surface area contributed by atoms with Gasteiger partial charge in [0.15, 0.2) is 0 Å². The standard InChI is InChI=1S/C12H15BrClNO2/c1-3-4-10-11(15-16-2)8-5-7(13)6-9(14)12(8)17-10/h5-6,10-11,15H,3-4H2,1-2H3. The lowest BCUT2D eigenvalue weighted by Crippen LogP contribution is -2.30. The molecule has 2 rings (SSSR count). The molecule has 94 valence electrons. The van der Waals surface area contributed by atoms with Crippen LogP contribution in [0.25, 0.3) is 0 Å². The molecule has 2 atom stereocenters. The molecule has 0 spiro atoms. The maximum absolute atomic E-state index is 6.18. The second-order valence-corrected chi connectivity index (χ2v) is 5.37. The van der Waals surface area contributed by atoms with E-state index in [4.69, 9.17) is 21.2 Å². The number of hydroxylamine groups is 1. The molecule has 1 heterocycles. The molecule has 0 fully saturated rings. The Labute approximate surface area is 115 Å². The van der Waals surface area contributed by atoms with Gasteiger partial charge in [0.2, 0.25) is 0 Å². The highest BCUT2D eigenvalue weighted by Gasteiger charge is 2.35. The minimum atomic E-state index is 0.0324. The van der Waals surface area contributed by atoms with E-state index in [-0.39, 0.29) is 12.1 Å². The van der Waals surface area contributed by atoms with Crippen molar-refractivity contribution in [2.75, 3.05) is 7.11 Å². The van der Waals surface area contributed by atoms with Crippen LogP contribution >= 0.6 is 27.5 Å². The fourth-order valence-corrected chi connectivity index (χ4v) is 3.01. The van der Waals surface area contributed by atoms with Gasteiger partial charge in [0.1, 0.15) is 11.9 Å². The van der Waals surface area contributed by atoms with Gasteiger partial charge in [-0.25, -0.2) is 0 Å². The van der Waals surface area contributed by atoms with Crippen LogP contribution in [0.1, 0.15) is 31.4 Å². The van der Waals surface area contributed by atoms with Crippen molar-refractivity contribution in [1.82, 2.24) is 5.48 Å². The Hall–Kier alpha value is -0.290. The molecule has 0 bridgehead atoms. The second-order valence-electron chi connectivity index (χ2n) is 4.05. The fraction of sp³-hybridized carbons (Fsp3) is 0.500. The zero-order valence-electron chi connectivity index (χ0n) is 9.80. The van der Waals surface area contributed by atoms with E-state index < -0.39 is 0 Å². The molecule has 0 aromatic heterocycles. The van der Waals surface area contributed by atoms with E-state index in [9.17, 15) is 0 Å². The van der Waals surface area contributed by atoms with Crippen molar-refractivity contribution in [2.45, 2.75) is 31.9 Å². The number of fused-ring (bicyclic) bond motifs is 1. The zero-order valence-corrected chi connectivity index (χ0v) is 12.1. The molecule has 17 heavy (non-hydrogen) atoms. The van der Waals surface area contributed by atoms with Gasteiger partial charge in [0.05, 0.1) is 18.2 Å². The number of hydrogen-bond donors (Lipinski definition) is 1. The van der Waals surface area contributed by atoms with Crippen LogP contribution in [-0.2, 0) is 4.84 Å². The molecule has 3 nitrogen and oxygen atoms in total. The summed E-state index contributed by atoms with van der Waals surface area (Å²) in [5.41, 5.74) is 4.03. The number of nitrogens with one attached hydrogen (secondary N) is 1. The summed E-state index contributed by atoms with van der Waals surface area (Å²) in [4.78, 5) is 5.05. The summed E-state index contributed by atoms with van der Waals surface area (Å²) in [5, 5.41) is 0.635. The summed E-state index contributed by atoms with van der Waals surface area (Å²) in [6, 6.07) is 3.90. The van der Waals surface area contributed by atoms with Gasteiger partial charge in [0, 0.05) is 10.0 Å². The Kier molecular flexibility index (Phi) is 4.31. The minimum absolute atomic E-state index is 0.0324. The van der Waals surface area contributed by atoms with Gasteiger partial charge in [-0.2, -0.15) is 5.48 Å². The Morgan fingerprint density at radius 3 is 2.94 bits per heavy atom. The molecule has 0 aliphatic carbocycles. The number of rotatable bonds is 4. The summed E-state index contributed by atoms with van der Waals surface area (Å²) in [6.45, 7) is 2.13. The Bertz CT molecular complexity index is 414. The largest absolute Gasteiger partial charge is 0.486 e. The number of benzene rings is 1. The van der Waals surface area contributed by atoms with E-state index >= 15 is 0 Å². The first-order valence-corrected chi connectivity index (χ1v) is 6.78. The third-order valence-electron chi connectivity index (χ3n) is 2.83. The Balaban J connectivity index is 2.35. The van der Waals surface area contributed by atoms with E-state index in [1.807, 2.05) is 12.1 Å². The molecule has 0 amide bonds. The first-order valence-electron chi connectivity index (χ1n) is 5.61. The van der Waals surface area contributed by atoms with Crippen molar-refractivity contribution in [3.63, 3.8) is 0 Å². The van der Waals surface area contributed by atoms with E-state index in [0.29, 0.717) is 5.02 Å². The topological polar surface area (TPSA) is 30.5 Å². The highest BCUT2D eigenvalue weighted by Crippen LogP contribution is 2.44. The van der Waals surface area contributed by atoms with E-state index in [0.717, 1.165) is 28.6 Å². The average Bonchev–Trinajstić information content (AvgIpc) is 2.59. The molecular formula is C12H15BrClNO2. The first kappa shape index (κ1) is 13.1. The molecule has 1 aromatic carbocycles. The Morgan fingerprint density at radius 2 is 2.29 bits per heavy atom. The van der Waals surface area contributed by atoms with Crippen LogP contribution in [0.15, 0.2) is 16.6 Å². The lowest BCUT2D eigenvalue weighted by atomic mass is 10.0. The predicted molar refractivity (Wildman–Crippen MR) is 71.4 cm³/mol. The Morgan fingerprint density at radius 1 is 1.53 bits per heavy atom. The number of ether oxygens (including phenoxy) is 1. The highest BCUT2D eigenvalue weighted by atomic mass is 79.9. The van der Waals surface area contributed by atoms with Crippen molar-refractivity contribution < 1.29 is 9.57 Å². The molecule has 0 saturated heterocycles. The third-order valence-corrected chi connectivity index (χ3v) is 3.57. The van der Waals surface area contributed by atoms with Gasteiger partial charge in [-0.15, -0.1) is 0 Å². The van der Waals surface area contributed by atoms with Gasteiger partial charge in [-0.3, -0.25) is 0 Å². The van der Waals surface area contributed by atoms with Crippen LogP contribution in [0, 0.1) is 0 Å². The maximum Gasteiger partial charge on any atom is 0.143 e. The van der Waals surface area contributed by atoms with Gasteiger partial charge in [-0.1, -0.05) is 40.9 Å². The molecule has 1 aromatic rings. The van der Waals surface area contributed by atoms with Crippen LogP contribution < -0.4 is 10.2 Å². The molecule has 1 N–H and O–H groups in total. The van der Waals surface area contributed by atoms with Crippen molar-refractivity contribution in [3.05, 3.63) is 27.2 Å². The van der Waals surface area contributed by atoms with Crippen LogP contribution in [0.2, 0.25) is 5.02 Å². The molecule has 1 aliphatic rings. The molecular weight excluding hydrogens is 305 g/mol. The molecule has 1 aliphatic heterocycles. The van der Waals surface area contributed by atoms with E-state index in [2.05, 4.69) is 28.3 Å². The number of halogens is 2. The number of hydrogen-bond acceptors (Lipinski definition) is 3. The normalized spacial score (nSPS) is 22.4. The van der Waals surface area contributed by atoms with Crippen molar-refractivity contribution in [3.8, 4) is 5.75 Å². The molecule has 5 heteroatoms. The first-order chi connectivity index (χ1) is 8.17. The molecule has 0 saturated carbocycles. The lowest BCUT2D eigenvalue weighted by Gasteiger charge is -2.18. The summed E-state index contributed by atoms with van der Waals surface area (Å²) in [7, 11) is 1.61. The summed E-state index contributed by atoms with van der Waals surface area (Å²) >= 11 is 9.63. The average molecular weight is 321 g/mol. The molecule has 2 unspecified atom stereocenters.